The molecule has 122 valence electrons. The van der Waals surface area contributed by atoms with Gasteiger partial charge in [0.1, 0.15) is 5.82 Å². The zero-order valence-electron chi connectivity index (χ0n) is 13.9. The molecular weight excluding hydrogens is 288 g/mol. The molecule has 2 aromatic rings. The first-order chi connectivity index (χ1) is 11.2. The van der Waals surface area contributed by atoms with Gasteiger partial charge in [-0.2, -0.15) is 4.98 Å². The van der Waals surface area contributed by atoms with Crippen LogP contribution in [0.3, 0.4) is 0 Å². The number of ether oxygens (including phenoxy) is 1. The van der Waals surface area contributed by atoms with Crippen molar-refractivity contribution in [2.75, 3.05) is 36.1 Å². The van der Waals surface area contributed by atoms with Crippen molar-refractivity contribution in [1.29, 1.82) is 0 Å². The third kappa shape index (κ3) is 3.99. The van der Waals surface area contributed by atoms with Crippen LogP contribution in [-0.2, 0) is 11.3 Å². The van der Waals surface area contributed by atoms with Crippen LogP contribution < -0.4 is 9.80 Å². The van der Waals surface area contributed by atoms with Crippen LogP contribution in [0.5, 0.6) is 0 Å². The number of hydrogen-bond donors (Lipinski definition) is 0. The minimum Gasteiger partial charge on any atom is -0.378 e. The number of benzene rings is 1. The van der Waals surface area contributed by atoms with Crippen LogP contribution in [0.4, 0.5) is 11.8 Å². The first-order valence-corrected chi connectivity index (χ1v) is 8.20. The van der Waals surface area contributed by atoms with Gasteiger partial charge in [0, 0.05) is 31.9 Å². The van der Waals surface area contributed by atoms with Gasteiger partial charge in [0.05, 0.1) is 13.2 Å². The smallest absolute Gasteiger partial charge is 0.227 e. The number of morpholine rings is 1. The molecule has 1 aliphatic rings. The summed E-state index contributed by atoms with van der Waals surface area (Å²) in [6.07, 6.45) is 1.85. The number of rotatable bonds is 5. The summed E-state index contributed by atoms with van der Waals surface area (Å²) in [4.78, 5) is 13.8. The molecule has 0 bridgehead atoms. The van der Waals surface area contributed by atoms with Crippen LogP contribution in [0, 0.1) is 0 Å². The fourth-order valence-electron chi connectivity index (χ4n) is 2.71. The van der Waals surface area contributed by atoms with Crippen molar-refractivity contribution in [2.24, 2.45) is 0 Å². The van der Waals surface area contributed by atoms with Crippen LogP contribution in [0.1, 0.15) is 19.4 Å². The van der Waals surface area contributed by atoms with Crippen molar-refractivity contribution in [3.63, 3.8) is 0 Å². The highest BCUT2D eigenvalue weighted by molar-refractivity contribution is 5.45. The predicted octanol–water partition coefficient (Wildman–Crippen LogP) is 2.73. The minimum atomic E-state index is 0.329. The quantitative estimate of drug-likeness (QED) is 0.849. The average molecular weight is 312 g/mol. The predicted molar refractivity (Wildman–Crippen MR) is 92.8 cm³/mol. The van der Waals surface area contributed by atoms with Gasteiger partial charge >= 0.3 is 0 Å². The minimum absolute atomic E-state index is 0.329. The Morgan fingerprint density at radius 3 is 2.57 bits per heavy atom. The molecule has 0 spiro atoms. The Morgan fingerprint density at radius 1 is 1.13 bits per heavy atom. The number of anilines is 2. The molecule has 0 amide bonds. The summed E-state index contributed by atoms with van der Waals surface area (Å²) in [5.74, 6) is 1.77. The van der Waals surface area contributed by atoms with Crippen molar-refractivity contribution in [3.05, 3.63) is 48.2 Å². The standard InChI is InChI=1S/C18H24N4O/c1-15(2)22(14-16-6-4-3-5-7-16)18-19-9-8-17(20-18)21-10-12-23-13-11-21/h3-9,15H,10-14H2,1-2H3. The maximum Gasteiger partial charge on any atom is 0.227 e. The van der Waals surface area contributed by atoms with E-state index in [-0.39, 0.29) is 0 Å². The molecule has 1 fully saturated rings. The highest BCUT2D eigenvalue weighted by Gasteiger charge is 2.17. The van der Waals surface area contributed by atoms with E-state index in [2.05, 4.69) is 52.9 Å². The van der Waals surface area contributed by atoms with E-state index in [0.717, 1.165) is 44.6 Å². The molecule has 1 aliphatic heterocycles. The number of nitrogens with zero attached hydrogens (tertiary/aromatic N) is 4. The van der Waals surface area contributed by atoms with Crippen LogP contribution in [0.2, 0.25) is 0 Å². The molecular formula is C18H24N4O. The fourth-order valence-corrected chi connectivity index (χ4v) is 2.71. The van der Waals surface area contributed by atoms with Gasteiger partial charge in [-0.25, -0.2) is 4.98 Å². The molecule has 23 heavy (non-hydrogen) atoms. The lowest BCUT2D eigenvalue weighted by Crippen LogP contribution is -2.37. The summed E-state index contributed by atoms with van der Waals surface area (Å²) in [6.45, 7) is 8.45. The average Bonchev–Trinajstić information content (AvgIpc) is 2.61. The summed E-state index contributed by atoms with van der Waals surface area (Å²) < 4.78 is 5.42. The molecule has 0 aliphatic carbocycles. The Bertz CT molecular complexity index is 611. The van der Waals surface area contributed by atoms with Crippen LogP contribution in [0.15, 0.2) is 42.6 Å². The lowest BCUT2D eigenvalue weighted by atomic mass is 10.2. The Hall–Kier alpha value is -2.14. The molecule has 5 heteroatoms. The fraction of sp³-hybridized carbons (Fsp3) is 0.444. The Labute approximate surface area is 137 Å². The third-order valence-electron chi connectivity index (χ3n) is 4.04. The monoisotopic (exact) mass is 312 g/mol. The Kier molecular flexibility index (Phi) is 5.08. The van der Waals surface area contributed by atoms with E-state index in [9.17, 15) is 0 Å². The van der Waals surface area contributed by atoms with Gasteiger partial charge in [-0.05, 0) is 25.5 Å². The molecule has 0 radical (unpaired) electrons. The van der Waals surface area contributed by atoms with E-state index in [4.69, 9.17) is 9.72 Å². The number of hydrogen-bond acceptors (Lipinski definition) is 5. The van der Waals surface area contributed by atoms with E-state index in [1.807, 2.05) is 18.3 Å². The van der Waals surface area contributed by atoms with Crippen molar-refractivity contribution < 1.29 is 4.74 Å². The van der Waals surface area contributed by atoms with E-state index < -0.39 is 0 Å². The van der Waals surface area contributed by atoms with Gasteiger partial charge in [0.2, 0.25) is 5.95 Å². The second kappa shape index (κ2) is 7.42. The topological polar surface area (TPSA) is 41.5 Å². The molecule has 3 rings (SSSR count). The lowest BCUT2D eigenvalue weighted by molar-refractivity contribution is 0.122. The second-order valence-electron chi connectivity index (χ2n) is 6.02. The first-order valence-electron chi connectivity index (χ1n) is 8.20. The molecule has 1 aromatic carbocycles. The highest BCUT2D eigenvalue weighted by Crippen LogP contribution is 2.20. The molecule has 0 N–H and O–H groups in total. The SMILES string of the molecule is CC(C)N(Cc1ccccc1)c1nccc(N2CCOCC2)n1. The van der Waals surface area contributed by atoms with Crippen LogP contribution in [-0.4, -0.2) is 42.3 Å². The molecule has 0 atom stereocenters. The zero-order valence-corrected chi connectivity index (χ0v) is 13.9. The van der Waals surface area contributed by atoms with Gasteiger partial charge < -0.3 is 14.5 Å². The van der Waals surface area contributed by atoms with Crippen molar-refractivity contribution >= 4 is 11.8 Å². The summed E-state index contributed by atoms with van der Waals surface area (Å²) in [6, 6.07) is 12.8. The normalized spacial score (nSPS) is 15.0. The summed E-state index contributed by atoms with van der Waals surface area (Å²) in [5.41, 5.74) is 1.27. The Morgan fingerprint density at radius 2 is 1.87 bits per heavy atom. The maximum absolute atomic E-state index is 5.42. The van der Waals surface area contributed by atoms with Gasteiger partial charge in [-0.15, -0.1) is 0 Å². The van der Waals surface area contributed by atoms with E-state index in [0.29, 0.717) is 6.04 Å². The summed E-state index contributed by atoms with van der Waals surface area (Å²) in [7, 11) is 0. The van der Waals surface area contributed by atoms with Crippen molar-refractivity contribution in [1.82, 2.24) is 9.97 Å². The molecule has 0 unspecified atom stereocenters. The van der Waals surface area contributed by atoms with E-state index in [1.165, 1.54) is 5.56 Å². The Balaban J connectivity index is 1.82. The highest BCUT2D eigenvalue weighted by atomic mass is 16.5. The molecule has 1 saturated heterocycles. The summed E-state index contributed by atoms with van der Waals surface area (Å²) in [5, 5.41) is 0. The lowest BCUT2D eigenvalue weighted by Gasteiger charge is -2.30. The van der Waals surface area contributed by atoms with Gasteiger partial charge in [0.15, 0.2) is 0 Å². The van der Waals surface area contributed by atoms with Gasteiger partial charge in [-0.1, -0.05) is 30.3 Å². The maximum atomic E-state index is 5.42. The van der Waals surface area contributed by atoms with Gasteiger partial charge in [0.25, 0.3) is 0 Å². The first kappa shape index (κ1) is 15.7. The zero-order chi connectivity index (χ0) is 16.1. The molecule has 0 saturated carbocycles. The second-order valence-corrected chi connectivity index (χ2v) is 6.02. The molecule has 1 aromatic heterocycles. The number of aromatic nitrogens is 2. The summed E-state index contributed by atoms with van der Waals surface area (Å²) >= 11 is 0. The largest absolute Gasteiger partial charge is 0.378 e. The molecule has 5 nitrogen and oxygen atoms in total. The van der Waals surface area contributed by atoms with Gasteiger partial charge in [-0.3, -0.25) is 0 Å². The third-order valence-corrected chi connectivity index (χ3v) is 4.04. The van der Waals surface area contributed by atoms with Crippen molar-refractivity contribution in [3.8, 4) is 0 Å². The van der Waals surface area contributed by atoms with Crippen LogP contribution in [0.25, 0.3) is 0 Å². The molecule has 2 heterocycles. The van der Waals surface area contributed by atoms with Crippen molar-refractivity contribution in [2.45, 2.75) is 26.4 Å². The van der Waals surface area contributed by atoms with E-state index >= 15 is 0 Å². The van der Waals surface area contributed by atoms with Crippen LogP contribution >= 0.6 is 0 Å². The van der Waals surface area contributed by atoms with E-state index in [1.54, 1.807) is 0 Å².